The maximum absolute atomic E-state index is 12.6. The van der Waals surface area contributed by atoms with Gasteiger partial charge < -0.3 is 10.2 Å². The van der Waals surface area contributed by atoms with Gasteiger partial charge in [0, 0.05) is 24.0 Å². The Morgan fingerprint density at radius 3 is 2.75 bits per heavy atom. The van der Waals surface area contributed by atoms with Crippen molar-refractivity contribution in [3.63, 3.8) is 0 Å². The Bertz CT molecular complexity index is 528. The number of hydrogen-bond acceptors (Lipinski definition) is 4. The van der Waals surface area contributed by atoms with Crippen LogP contribution in [0.15, 0.2) is 5.38 Å². The Morgan fingerprint density at radius 2 is 2.20 bits per heavy atom. The first kappa shape index (κ1) is 15.0. The molecule has 2 heterocycles. The number of thiazole rings is 1. The molecule has 2 unspecified atom stereocenters. The molecule has 110 valence electrons. The number of carbonyl (C=O) groups excluding carboxylic acids is 2. The van der Waals surface area contributed by atoms with Crippen LogP contribution in [0.4, 0.5) is 0 Å². The molecule has 1 fully saturated rings. The highest BCUT2D eigenvalue weighted by Crippen LogP contribution is 2.22. The van der Waals surface area contributed by atoms with Crippen molar-refractivity contribution in [2.75, 3.05) is 6.54 Å². The van der Waals surface area contributed by atoms with Crippen molar-refractivity contribution < 1.29 is 9.59 Å². The van der Waals surface area contributed by atoms with Crippen LogP contribution >= 0.6 is 11.3 Å². The second-order valence-corrected chi connectivity index (χ2v) is 6.42. The first-order chi connectivity index (χ1) is 9.37. The van der Waals surface area contributed by atoms with E-state index >= 15 is 0 Å². The number of nitrogens with one attached hydrogen (secondary N) is 1. The van der Waals surface area contributed by atoms with Crippen molar-refractivity contribution in [1.29, 1.82) is 0 Å². The van der Waals surface area contributed by atoms with Crippen LogP contribution in [0, 0.1) is 6.92 Å². The summed E-state index contributed by atoms with van der Waals surface area (Å²) in [5, 5.41) is 5.84. The van der Waals surface area contributed by atoms with Gasteiger partial charge in [-0.3, -0.25) is 9.59 Å². The summed E-state index contributed by atoms with van der Waals surface area (Å²) in [4.78, 5) is 30.7. The Balaban J connectivity index is 2.11. The minimum Gasteiger partial charge on any atom is -0.340 e. The number of aromatic nitrogens is 1. The molecule has 20 heavy (non-hydrogen) atoms. The lowest BCUT2D eigenvalue weighted by molar-refractivity contribution is -0.153. The molecule has 1 aromatic heterocycles. The summed E-state index contributed by atoms with van der Waals surface area (Å²) >= 11 is 1.60. The monoisotopic (exact) mass is 295 g/mol. The Morgan fingerprint density at radius 1 is 1.50 bits per heavy atom. The summed E-state index contributed by atoms with van der Waals surface area (Å²) in [5.41, 5.74) is 0.224. The summed E-state index contributed by atoms with van der Waals surface area (Å²) in [5.74, 6) is -0.0790. The Kier molecular flexibility index (Phi) is 4.13. The minimum absolute atomic E-state index is 0.000350. The molecule has 2 amide bonds. The number of aryl methyl sites for hydroxylation is 1. The van der Waals surface area contributed by atoms with Crippen LogP contribution in [0.25, 0.3) is 0 Å². The summed E-state index contributed by atoms with van der Waals surface area (Å²) in [6.07, 6.45) is 1.29. The molecule has 0 bridgehead atoms. The predicted octanol–water partition coefficient (Wildman–Crippen LogP) is 1.51. The topological polar surface area (TPSA) is 62.3 Å². The van der Waals surface area contributed by atoms with Gasteiger partial charge in [0.05, 0.1) is 5.01 Å². The molecule has 0 aromatic carbocycles. The average Bonchev–Trinajstić information content (AvgIpc) is 2.82. The molecule has 0 saturated carbocycles. The van der Waals surface area contributed by atoms with Crippen LogP contribution in [-0.2, 0) is 16.0 Å². The van der Waals surface area contributed by atoms with Gasteiger partial charge in [-0.25, -0.2) is 4.98 Å². The third-order valence-corrected chi connectivity index (χ3v) is 4.95. The summed E-state index contributed by atoms with van der Waals surface area (Å²) < 4.78 is 0. The molecule has 0 radical (unpaired) electrons. The standard InChI is InChI=1S/C14H21N3O2S/c1-5-14(4)13(19)17(10(3)12(18)16-14)7-6-11-15-9(2)8-20-11/h8,10H,5-7H2,1-4H3,(H,16,18). The number of rotatable bonds is 4. The maximum atomic E-state index is 12.6. The number of hydrogen-bond donors (Lipinski definition) is 1. The molecule has 0 aliphatic carbocycles. The van der Waals surface area contributed by atoms with Crippen LogP contribution in [0.2, 0.25) is 0 Å². The molecule has 6 heteroatoms. The maximum Gasteiger partial charge on any atom is 0.248 e. The number of amides is 2. The lowest BCUT2D eigenvalue weighted by Gasteiger charge is -2.43. The first-order valence-electron chi connectivity index (χ1n) is 6.91. The number of piperazine rings is 1. The van der Waals surface area contributed by atoms with Crippen LogP contribution < -0.4 is 5.32 Å². The van der Waals surface area contributed by atoms with Gasteiger partial charge >= 0.3 is 0 Å². The van der Waals surface area contributed by atoms with E-state index in [9.17, 15) is 9.59 Å². The normalized spacial score (nSPS) is 26.8. The van der Waals surface area contributed by atoms with Gasteiger partial charge in [0.1, 0.15) is 11.6 Å². The smallest absolute Gasteiger partial charge is 0.248 e. The molecule has 1 aliphatic rings. The second kappa shape index (κ2) is 5.52. The molecule has 2 atom stereocenters. The minimum atomic E-state index is -0.775. The molecule has 1 aromatic rings. The fraction of sp³-hybridized carbons (Fsp3) is 0.643. The lowest BCUT2D eigenvalue weighted by Crippen LogP contribution is -2.68. The van der Waals surface area contributed by atoms with Crippen molar-refractivity contribution >= 4 is 23.2 Å². The van der Waals surface area contributed by atoms with E-state index in [4.69, 9.17) is 0 Å². The highest BCUT2D eigenvalue weighted by Gasteiger charge is 2.44. The van der Waals surface area contributed by atoms with Crippen molar-refractivity contribution in [3.8, 4) is 0 Å². The zero-order chi connectivity index (χ0) is 14.9. The molecule has 0 spiro atoms. The Hall–Kier alpha value is -1.43. The van der Waals surface area contributed by atoms with Crippen molar-refractivity contribution in [3.05, 3.63) is 16.1 Å². The van der Waals surface area contributed by atoms with E-state index in [1.807, 2.05) is 19.2 Å². The quantitative estimate of drug-likeness (QED) is 0.916. The molecule has 1 saturated heterocycles. The summed E-state index contributed by atoms with van der Waals surface area (Å²) in [6.45, 7) is 7.97. The SMILES string of the molecule is CCC1(C)NC(=O)C(C)N(CCc2nc(C)cs2)C1=O. The first-order valence-corrected chi connectivity index (χ1v) is 7.79. The molecular weight excluding hydrogens is 274 g/mol. The molecule has 5 nitrogen and oxygen atoms in total. The van der Waals surface area contributed by atoms with E-state index in [1.165, 1.54) is 0 Å². The summed E-state index contributed by atoms with van der Waals surface area (Å²) in [6, 6.07) is -0.414. The fourth-order valence-corrected chi connectivity index (χ4v) is 3.10. The van der Waals surface area contributed by atoms with E-state index in [2.05, 4.69) is 10.3 Å². The molecule has 1 N–H and O–H groups in total. The van der Waals surface area contributed by atoms with Crippen LogP contribution in [0.1, 0.15) is 37.9 Å². The van der Waals surface area contributed by atoms with Crippen LogP contribution in [-0.4, -0.2) is 39.8 Å². The Labute approximate surface area is 123 Å². The van der Waals surface area contributed by atoms with Gasteiger partial charge in [-0.15, -0.1) is 11.3 Å². The van der Waals surface area contributed by atoms with Gasteiger partial charge in [0.25, 0.3) is 0 Å². The van der Waals surface area contributed by atoms with E-state index in [0.717, 1.165) is 10.7 Å². The van der Waals surface area contributed by atoms with Crippen molar-refractivity contribution in [2.24, 2.45) is 0 Å². The molecular formula is C14H21N3O2S. The third-order valence-electron chi connectivity index (χ3n) is 3.92. The number of nitrogens with zero attached hydrogens (tertiary/aromatic N) is 2. The average molecular weight is 295 g/mol. The zero-order valence-electron chi connectivity index (χ0n) is 12.4. The molecule has 2 rings (SSSR count). The largest absolute Gasteiger partial charge is 0.340 e. The van der Waals surface area contributed by atoms with E-state index in [-0.39, 0.29) is 11.8 Å². The van der Waals surface area contributed by atoms with Gasteiger partial charge in [0.2, 0.25) is 11.8 Å². The van der Waals surface area contributed by atoms with Gasteiger partial charge in [-0.1, -0.05) is 6.92 Å². The van der Waals surface area contributed by atoms with Gasteiger partial charge in [-0.2, -0.15) is 0 Å². The van der Waals surface area contributed by atoms with Crippen molar-refractivity contribution in [1.82, 2.24) is 15.2 Å². The van der Waals surface area contributed by atoms with Crippen LogP contribution in [0.3, 0.4) is 0 Å². The predicted molar refractivity (Wildman–Crippen MR) is 78.6 cm³/mol. The molecule has 1 aliphatic heterocycles. The second-order valence-electron chi connectivity index (χ2n) is 5.48. The van der Waals surface area contributed by atoms with Crippen molar-refractivity contribution in [2.45, 2.75) is 52.1 Å². The highest BCUT2D eigenvalue weighted by molar-refractivity contribution is 7.09. The lowest BCUT2D eigenvalue weighted by atomic mass is 9.92. The number of carbonyl (C=O) groups is 2. The van der Waals surface area contributed by atoms with E-state index in [0.29, 0.717) is 19.4 Å². The van der Waals surface area contributed by atoms with Gasteiger partial charge in [0.15, 0.2) is 0 Å². The fourth-order valence-electron chi connectivity index (χ4n) is 2.33. The van der Waals surface area contributed by atoms with E-state index < -0.39 is 11.6 Å². The van der Waals surface area contributed by atoms with E-state index in [1.54, 1.807) is 30.1 Å². The highest BCUT2D eigenvalue weighted by atomic mass is 32.1. The van der Waals surface area contributed by atoms with Gasteiger partial charge in [-0.05, 0) is 27.2 Å². The zero-order valence-corrected chi connectivity index (χ0v) is 13.2. The van der Waals surface area contributed by atoms with Crippen LogP contribution in [0.5, 0.6) is 0 Å². The third kappa shape index (κ3) is 2.70. The summed E-state index contributed by atoms with van der Waals surface area (Å²) in [7, 11) is 0.